The summed E-state index contributed by atoms with van der Waals surface area (Å²) in [5.74, 6) is -0.325. The molecule has 104 valence electrons. The summed E-state index contributed by atoms with van der Waals surface area (Å²) in [4.78, 5) is 23.7. The monoisotopic (exact) mass is 271 g/mol. The van der Waals surface area contributed by atoms with Crippen LogP contribution in [0, 0.1) is 0 Å². The molecule has 2 rings (SSSR count). The summed E-state index contributed by atoms with van der Waals surface area (Å²) < 4.78 is 0. The fourth-order valence-corrected chi connectivity index (χ4v) is 1.84. The predicted octanol–water partition coefficient (Wildman–Crippen LogP) is 2.41. The highest BCUT2D eigenvalue weighted by Gasteiger charge is 2.46. The quantitative estimate of drug-likeness (QED) is 0.675. The molecular weight excluding hydrogens is 254 g/mol. The van der Waals surface area contributed by atoms with Gasteiger partial charge in [-0.25, -0.2) is 4.79 Å². The van der Waals surface area contributed by atoms with E-state index in [9.17, 15) is 9.59 Å². The fraction of sp³-hybridized carbons (Fsp3) is 0.267. The first kappa shape index (κ1) is 14.0. The SMILES string of the molecule is CC[C@]1(C)NC(=O)N(/N=C\C=C\c2ccccc2)C1=O. The average molecular weight is 271 g/mol. The Bertz CT molecular complexity index is 566. The Balaban J connectivity index is 2.03. The maximum absolute atomic E-state index is 12.0. The molecule has 1 fully saturated rings. The normalized spacial score (nSPS) is 23.0. The van der Waals surface area contributed by atoms with E-state index in [4.69, 9.17) is 0 Å². The number of carbonyl (C=O) groups is 2. The van der Waals surface area contributed by atoms with Gasteiger partial charge in [0, 0.05) is 6.21 Å². The van der Waals surface area contributed by atoms with Gasteiger partial charge in [0.25, 0.3) is 5.91 Å². The van der Waals surface area contributed by atoms with Crippen molar-refractivity contribution in [2.75, 3.05) is 0 Å². The summed E-state index contributed by atoms with van der Waals surface area (Å²) in [7, 11) is 0. The van der Waals surface area contributed by atoms with E-state index in [-0.39, 0.29) is 5.91 Å². The van der Waals surface area contributed by atoms with Crippen LogP contribution in [-0.4, -0.2) is 28.7 Å². The van der Waals surface area contributed by atoms with Gasteiger partial charge in [-0.3, -0.25) is 4.79 Å². The van der Waals surface area contributed by atoms with Gasteiger partial charge in [0.05, 0.1) is 0 Å². The number of rotatable bonds is 4. The molecule has 1 aliphatic heterocycles. The molecule has 0 aliphatic carbocycles. The van der Waals surface area contributed by atoms with Gasteiger partial charge >= 0.3 is 6.03 Å². The van der Waals surface area contributed by atoms with Crippen molar-refractivity contribution in [1.82, 2.24) is 10.3 Å². The molecule has 0 saturated carbocycles. The Morgan fingerprint density at radius 1 is 1.30 bits per heavy atom. The summed E-state index contributed by atoms with van der Waals surface area (Å²) >= 11 is 0. The molecule has 1 aromatic rings. The van der Waals surface area contributed by atoms with Crippen LogP contribution in [0.2, 0.25) is 0 Å². The van der Waals surface area contributed by atoms with Crippen LogP contribution in [-0.2, 0) is 4.79 Å². The second kappa shape index (κ2) is 5.69. The number of amides is 3. The zero-order chi connectivity index (χ0) is 14.6. The fourth-order valence-electron chi connectivity index (χ4n) is 1.84. The number of nitrogens with one attached hydrogen (secondary N) is 1. The summed E-state index contributed by atoms with van der Waals surface area (Å²) in [6, 6.07) is 9.22. The van der Waals surface area contributed by atoms with E-state index in [1.54, 1.807) is 13.0 Å². The molecule has 1 aromatic carbocycles. The van der Waals surface area contributed by atoms with Crippen molar-refractivity contribution in [1.29, 1.82) is 0 Å². The standard InChI is InChI=1S/C15H17N3O2/c1-3-15(2)13(19)18(14(20)17-15)16-11-7-10-12-8-5-4-6-9-12/h4-11H,3H2,1-2H3,(H,17,20)/b10-7+,16-11-/t15-/m0/s1. The highest BCUT2D eigenvalue weighted by molar-refractivity contribution is 6.07. The zero-order valence-corrected chi connectivity index (χ0v) is 11.5. The topological polar surface area (TPSA) is 61.8 Å². The van der Waals surface area contributed by atoms with E-state index in [0.717, 1.165) is 10.6 Å². The molecule has 5 nitrogen and oxygen atoms in total. The average Bonchev–Trinajstić information content (AvgIpc) is 2.68. The Kier molecular flexibility index (Phi) is 3.98. The first-order chi connectivity index (χ1) is 9.57. The first-order valence-corrected chi connectivity index (χ1v) is 6.49. The van der Waals surface area contributed by atoms with Gasteiger partial charge in [0.15, 0.2) is 0 Å². The number of nitrogens with zero attached hydrogens (tertiary/aromatic N) is 2. The van der Waals surface area contributed by atoms with Crippen molar-refractivity contribution in [3.8, 4) is 0 Å². The zero-order valence-electron chi connectivity index (χ0n) is 11.5. The largest absolute Gasteiger partial charge is 0.346 e. The van der Waals surface area contributed by atoms with E-state index in [1.807, 2.05) is 43.3 Å². The van der Waals surface area contributed by atoms with Crippen molar-refractivity contribution in [2.24, 2.45) is 5.10 Å². The summed E-state index contributed by atoms with van der Waals surface area (Å²) in [5.41, 5.74) is 0.173. The number of urea groups is 1. The number of allylic oxidation sites excluding steroid dienone is 1. The van der Waals surface area contributed by atoms with Crippen molar-refractivity contribution < 1.29 is 9.59 Å². The Hall–Kier alpha value is -2.43. The highest BCUT2D eigenvalue weighted by Crippen LogP contribution is 2.20. The van der Waals surface area contributed by atoms with E-state index in [2.05, 4.69) is 10.4 Å². The molecule has 0 bridgehead atoms. The van der Waals surface area contributed by atoms with Crippen LogP contribution in [0.4, 0.5) is 4.79 Å². The minimum atomic E-state index is -0.850. The van der Waals surface area contributed by atoms with Crippen molar-refractivity contribution >= 4 is 24.2 Å². The van der Waals surface area contributed by atoms with E-state index in [1.165, 1.54) is 6.21 Å². The van der Waals surface area contributed by atoms with E-state index in [0.29, 0.717) is 6.42 Å². The number of carbonyl (C=O) groups excluding carboxylic acids is 2. The number of hydrogen-bond donors (Lipinski definition) is 1. The molecule has 0 spiro atoms. The number of hydrazone groups is 1. The van der Waals surface area contributed by atoms with Gasteiger partial charge in [-0.15, -0.1) is 5.01 Å². The third kappa shape index (κ3) is 2.77. The maximum Gasteiger partial charge on any atom is 0.346 e. The molecule has 0 radical (unpaired) electrons. The summed E-state index contributed by atoms with van der Waals surface area (Å²) in [6.45, 7) is 3.54. The van der Waals surface area contributed by atoms with Gasteiger partial charge in [-0.2, -0.15) is 5.10 Å². The van der Waals surface area contributed by atoms with Crippen molar-refractivity contribution in [2.45, 2.75) is 25.8 Å². The minimum Gasteiger partial charge on any atom is -0.322 e. The summed E-state index contributed by atoms with van der Waals surface area (Å²) in [6.07, 6.45) is 5.51. The van der Waals surface area contributed by atoms with E-state index >= 15 is 0 Å². The lowest BCUT2D eigenvalue weighted by molar-refractivity contribution is -0.130. The van der Waals surface area contributed by atoms with Gasteiger partial charge < -0.3 is 5.32 Å². The molecule has 20 heavy (non-hydrogen) atoms. The lowest BCUT2D eigenvalue weighted by Crippen LogP contribution is -2.42. The van der Waals surface area contributed by atoms with Gasteiger partial charge in [-0.1, -0.05) is 43.3 Å². The third-order valence-corrected chi connectivity index (χ3v) is 3.30. The molecule has 3 amide bonds. The van der Waals surface area contributed by atoms with Gasteiger partial charge in [-0.05, 0) is 25.0 Å². The highest BCUT2D eigenvalue weighted by atomic mass is 16.2. The molecule has 0 unspecified atom stereocenters. The van der Waals surface area contributed by atoms with Crippen molar-refractivity contribution in [3.05, 3.63) is 42.0 Å². The Morgan fingerprint density at radius 2 is 2.00 bits per heavy atom. The second-order valence-electron chi connectivity index (χ2n) is 4.77. The number of imide groups is 1. The Labute approximate surface area is 118 Å². The number of benzene rings is 1. The molecule has 1 heterocycles. The first-order valence-electron chi connectivity index (χ1n) is 6.49. The van der Waals surface area contributed by atoms with Crippen LogP contribution in [0.1, 0.15) is 25.8 Å². The van der Waals surface area contributed by atoms with E-state index < -0.39 is 11.6 Å². The molecule has 5 heteroatoms. The van der Waals surface area contributed by atoms with Crippen LogP contribution in [0.15, 0.2) is 41.5 Å². The molecule has 1 saturated heterocycles. The Morgan fingerprint density at radius 3 is 2.60 bits per heavy atom. The minimum absolute atomic E-state index is 0.325. The predicted molar refractivity (Wildman–Crippen MR) is 78.0 cm³/mol. The second-order valence-corrected chi connectivity index (χ2v) is 4.77. The number of hydrogen-bond acceptors (Lipinski definition) is 3. The lowest BCUT2D eigenvalue weighted by Gasteiger charge is -2.17. The summed E-state index contributed by atoms with van der Waals surface area (Å²) in [5, 5.41) is 7.42. The molecule has 1 N–H and O–H groups in total. The lowest BCUT2D eigenvalue weighted by atomic mass is 10.00. The molecule has 1 atom stereocenters. The molecular formula is C15H17N3O2. The van der Waals surface area contributed by atoms with Crippen LogP contribution < -0.4 is 5.32 Å². The van der Waals surface area contributed by atoms with Crippen LogP contribution in [0.5, 0.6) is 0 Å². The van der Waals surface area contributed by atoms with Gasteiger partial charge in [0.1, 0.15) is 5.54 Å². The van der Waals surface area contributed by atoms with Gasteiger partial charge in [0.2, 0.25) is 0 Å². The maximum atomic E-state index is 12.0. The molecule has 0 aromatic heterocycles. The third-order valence-electron chi connectivity index (χ3n) is 3.30. The van der Waals surface area contributed by atoms with Crippen LogP contribution >= 0.6 is 0 Å². The van der Waals surface area contributed by atoms with Crippen LogP contribution in [0.3, 0.4) is 0 Å². The van der Waals surface area contributed by atoms with Crippen molar-refractivity contribution in [3.63, 3.8) is 0 Å². The molecule has 1 aliphatic rings. The van der Waals surface area contributed by atoms with Crippen LogP contribution in [0.25, 0.3) is 6.08 Å². The smallest absolute Gasteiger partial charge is 0.322 e.